The van der Waals surface area contributed by atoms with Crippen molar-refractivity contribution in [2.45, 2.75) is 0 Å². The normalized spacial score (nSPS) is 15.1. The zero-order valence-electron chi connectivity index (χ0n) is 4.07. The minimum absolute atomic E-state index is 0.0419. The molecular formula is C3H3Cl2O3Ru. The molecule has 6 heteroatoms. The second kappa shape index (κ2) is 2.45. The van der Waals surface area contributed by atoms with Crippen molar-refractivity contribution in [1.29, 1.82) is 0 Å². The molecule has 0 saturated carbocycles. The molecule has 9 heavy (non-hydrogen) atoms. The van der Waals surface area contributed by atoms with E-state index < -0.39 is 11.6 Å². The van der Waals surface area contributed by atoms with Gasteiger partial charge in [0.1, 0.15) is 0 Å². The zero-order valence-corrected chi connectivity index (χ0v) is 7.32. The number of carbonyl (C=O) groups excluding carboxylic acids is 3. The fourth-order valence-electron chi connectivity index (χ4n) is 0.0589. The van der Waals surface area contributed by atoms with Gasteiger partial charge in [-0.3, -0.25) is 0 Å². The van der Waals surface area contributed by atoms with Crippen LogP contribution in [0.4, 0.5) is 0 Å². The van der Waals surface area contributed by atoms with Crippen molar-refractivity contribution < 1.29 is 26.0 Å². The molecule has 0 aliphatic heterocycles. The Balaban J connectivity index is 4.81. The van der Waals surface area contributed by atoms with Crippen LogP contribution in [0.3, 0.4) is 0 Å². The van der Waals surface area contributed by atoms with Crippen LogP contribution in [-0.2, 0) is 26.0 Å². The van der Waals surface area contributed by atoms with Crippen molar-refractivity contribution in [2.24, 2.45) is 0 Å². The standard InChI is InChI=1S/3CHO.2ClH.Ru/c3*1-2;;;/h3*1H;2*1H;/q;;;;;+2/p-2. The van der Waals surface area contributed by atoms with Gasteiger partial charge in [-0.05, 0) is 0 Å². The predicted octanol–water partition coefficient (Wildman–Crippen LogP) is 0.554. The maximum atomic E-state index is 9.96. The molecule has 0 aromatic heterocycles. The Kier molecular flexibility index (Phi) is 2.51. The summed E-state index contributed by atoms with van der Waals surface area (Å²) in [4.78, 5) is 30.0. The van der Waals surface area contributed by atoms with Crippen molar-refractivity contribution >= 4 is 34.0 Å². The molecule has 0 heterocycles. The summed E-state index contributed by atoms with van der Waals surface area (Å²) in [7, 11) is 10.4. The van der Waals surface area contributed by atoms with Crippen LogP contribution in [0, 0.1) is 0 Å². The molecule has 55 valence electrons. The van der Waals surface area contributed by atoms with E-state index in [0.29, 0.717) is 0 Å². The summed E-state index contributed by atoms with van der Waals surface area (Å²) in [5.74, 6) is 0. The predicted molar refractivity (Wildman–Crippen MR) is 32.0 cm³/mol. The van der Waals surface area contributed by atoms with Crippen LogP contribution in [0.2, 0.25) is 0 Å². The van der Waals surface area contributed by atoms with Gasteiger partial charge in [-0.2, -0.15) is 0 Å². The third-order valence-electron chi connectivity index (χ3n) is 0.478. The van der Waals surface area contributed by atoms with Crippen LogP contribution in [0.25, 0.3) is 0 Å². The summed E-state index contributed by atoms with van der Waals surface area (Å²) in [5, 5.41) is 0. The number of halogens is 2. The maximum absolute atomic E-state index is 9.96. The van der Waals surface area contributed by atoms with E-state index in [2.05, 4.69) is 0 Å². The first-order valence-corrected chi connectivity index (χ1v) is 9.07. The van der Waals surface area contributed by atoms with E-state index in [0.717, 1.165) is 0 Å². The molecule has 0 aromatic rings. The van der Waals surface area contributed by atoms with E-state index in [1.807, 2.05) is 0 Å². The van der Waals surface area contributed by atoms with E-state index in [4.69, 9.17) is 19.4 Å². The molecule has 0 radical (unpaired) electrons. The molecule has 0 amide bonds. The van der Waals surface area contributed by atoms with Gasteiger partial charge < -0.3 is 0 Å². The van der Waals surface area contributed by atoms with E-state index >= 15 is 0 Å². The Morgan fingerprint density at radius 2 is 1.11 bits per heavy atom. The van der Waals surface area contributed by atoms with Crippen molar-refractivity contribution in [3.05, 3.63) is 0 Å². The molecular weight excluding hydrogens is 256 g/mol. The van der Waals surface area contributed by atoms with E-state index in [1.54, 1.807) is 0 Å². The number of hydrogen-bond donors (Lipinski definition) is 0. The molecule has 0 unspecified atom stereocenters. The zero-order chi connectivity index (χ0) is 7.57. The van der Waals surface area contributed by atoms with E-state index in [1.165, 1.54) is 0 Å². The Hall–Kier alpha value is 0.213. The van der Waals surface area contributed by atoms with Gasteiger partial charge in [-0.25, -0.2) is 0 Å². The monoisotopic (exact) mass is 259 g/mol. The van der Waals surface area contributed by atoms with Gasteiger partial charge in [0.25, 0.3) is 0 Å². The second-order valence-electron chi connectivity index (χ2n) is 1.12. The van der Waals surface area contributed by atoms with Gasteiger partial charge in [0.05, 0.1) is 0 Å². The van der Waals surface area contributed by atoms with Crippen LogP contribution in [0.5, 0.6) is 0 Å². The SMILES string of the molecule is O=[CH][Ru]([Cl])([Cl])([CH]=O)[CH]=O. The fraction of sp³-hybridized carbons (Fsp3) is 0. The van der Waals surface area contributed by atoms with Crippen LogP contribution >= 0.6 is 19.4 Å². The molecule has 0 aromatic carbocycles. The Labute approximate surface area is 60.1 Å². The molecule has 0 saturated heterocycles. The summed E-state index contributed by atoms with van der Waals surface area (Å²) < 4.78 is 0. The van der Waals surface area contributed by atoms with Crippen LogP contribution in [0.15, 0.2) is 0 Å². The molecule has 0 aliphatic rings. The average Bonchev–Trinajstić information content (AvgIpc) is 1.90. The van der Waals surface area contributed by atoms with Crippen molar-refractivity contribution in [2.75, 3.05) is 0 Å². The van der Waals surface area contributed by atoms with Gasteiger partial charge in [-0.15, -0.1) is 0 Å². The van der Waals surface area contributed by atoms with Crippen LogP contribution < -0.4 is 0 Å². The molecule has 0 spiro atoms. The molecule has 3 nitrogen and oxygen atoms in total. The summed E-state index contributed by atoms with van der Waals surface area (Å²) in [6.45, 7) is 0. The average molecular weight is 259 g/mol. The first-order chi connectivity index (χ1) is 3.96. The van der Waals surface area contributed by atoms with Gasteiger partial charge in [0.15, 0.2) is 0 Å². The minimum atomic E-state index is -4.71. The Morgan fingerprint density at radius 1 is 0.889 bits per heavy atom. The number of carbonyl (C=O) groups is 3. The van der Waals surface area contributed by atoms with E-state index in [-0.39, 0.29) is 14.6 Å². The molecule has 0 atom stereocenters. The van der Waals surface area contributed by atoms with Crippen molar-refractivity contribution in [1.82, 2.24) is 0 Å². The fourth-order valence-corrected chi connectivity index (χ4v) is 0.349. The van der Waals surface area contributed by atoms with Gasteiger partial charge in [0, 0.05) is 0 Å². The van der Waals surface area contributed by atoms with E-state index in [9.17, 15) is 14.4 Å². The molecule has 0 N–H and O–H groups in total. The topological polar surface area (TPSA) is 51.2 Å². The van der Waals surface area contributed by atoms with Gasteiger partial charge >= 0.3 is 60.0 Å². The number of rotatable bonds is 3. The van der Waals surface area contributed by atoms with Gasteiger partial charge in [0.2, 0.25) is 0 Å². The quantitative estimate of drug-likeness (QED) is 0.549. The Morgan fingerprint density at radius 3 is 1.11 bits per heavy atom. The first-order valence-electron chi connectivity index (χ1n) is 1.59. The summed E-state index contributed by atoms with van der Waals surface area (Å²) in [5.41, 5.74) is 0. The first kappa shape index (κ1) is 9.21. The van der Waals surface area contributed by atoms with Crippen LogP contribution in [-0.4, -0.2) is 14.6 Å². The second-order valence-corrected chi connectivity index (χ2v) is 14.5. The van der Waals surface area contributed by atoms with Crippen LogP contribution in [0.1, 0.15) is 0 Å². The summed E-state index contributed by atoms with van der Waals surface area (Å²) in [6.07, 6.45) is 0. The molecule has 0 fully saturated rings. The van der Waals surface area contributed by atoms with Crippen molar-refractivity contribution in [3.63, 3.8) is 0 Å². The molecule has 0 aliphatic carbocycles. The molecule has 0 rings (SSSR count). The third-order valence-corrected chi connectivity index (χ3v) is 5.06. The third kappa shape index (κ3) is 2.13. The van der Waals surface area contributed by atoms with Gasteiger partial charge in [-0.1, -0.05) is 0 Å². The Bertz CT molecular complexity index is 138. The number of hydrogen-bond acceptors (Lipinski definition) is 3. The molecule has 0 bridgehead atoms. The summed E-state index contributed by atoms with van der Waals surface area (Å²) in [6, 6.07) is 0. The summed E-state index contributed by atoms with van der Waals surface area (Å²) >= 11 is -4.71. The van der Waals surface area contributed by atoms with Crippen molar-refractivity contribution in [3.8, 4) is 0 Å².